The zero-order chi connectivity index (χ0) is 15.2. The van der Waals surface area contributed by atoms with E-state index in [1.54, 1.807) is 29.6 Å². The molecule has 0 atom stereocenters. The molecule has 3 rings (SSSR count). The van der Waals surface area contributed by atoms with Crippen molar-refractivity contribution in [3.05, 3.63) is 61.1 Å². The van der Waals surface area contributed by atoms with E-state index in [1.165, 1.54) is 0 Å². The van der Waals surface area contributed by atoms with Gasteiger partial charge in [-0.25, -0.2) is 9.97 Å². The first-order valence-electron chi connectivity index (χ1n) is 6.98. The van der Waals surface area contributed by atoms with E-state index in [9.17, 15) is 4.79 Å². The lowest BCUT2D eigenvalue weighted by Gasteiger charge is -2.06. The number of amides is 1. The maximum atomic E-state index is 11.8. The lowest BCUT2D eigenvalue weighted by molar-refractivity contribution is -0.121. The van der Waals surface area contributed by atoms with Gasteiger partial charge in [-0.3, -0.25) is 14.0 Å². The summed E-state index contributed by atoms with van der Waals surface area (Å²) < 4.78 is 3.56. The van der Waals surface area contributed by atoms with Crippen LogP contribution in [0.3, 0.4) is 0 Å². The number of carbonyl (C=O) groups excluding carboxylic acids is 1. The smallest absolute Gasteiger partial charge is 0.222 e. The predicted octanol–water partition coefficient (Wildman–Crippen LogP) is 1.17. The molecule has 3 aromatic rings. The van der Waals surface area contributed by atoms with Crippen molar-refractivity contribution in [1.82, 2.24) is 29.6 Å². The summed E-state index contributed by atoms with van der Waals surface area (Å²) in [6.07, 6.45) is 10.9. The zero-order valence-electron chi connectivity index (χ0n) is 12.0. The van der Waals surface area contributed by atoms with Crippen LogP contribution in [0.25, 0.3) is 5.82 Å². The Labute approximate surface area is 127 Å². The van der Waals surface area contributed by atoms with Gasteiger partial charge in [0, 0.05) is 50.5 Å². The van der Waals surface area contributed by atoms with Crippen molar-refractivity contribution in [2.75, 3.05) is 0 Å². The van der Waals surface area contributed by atoms with E-state index in [-0.39, 0.29) is 5.91 Å². The minimum atomic E-state index is -0.00538. The molecular weight excluding hydrogens is 280 g/mol. The number of imidazole rings is 1. The molecule has 0 aliphatic heterocycles. The number of pyridine rings is 1. The van der Waals surface area contributed by atoms with E-state index in [1.807, 2.05) is 35.2 Å². The molecule has 0 bridgehead atoms. The van der Waals surface area contributed by atoms with Crippen molar-refractivity contribution in [1.29, 1.82) is 0 Å². The Kier molecular flexibility index (Phi) is 4.24. The molecule has 112 valence electrons. The molecule has 1 N–H and O–H groups in total. The molecule has 0 aromatic carbocycles. The Balaban J connectivity index is 1.48. The van der Waals surface area contributed by atoms with Crippen LogP contribution in [0.5, 0.6) is 0 Å². The summed E-state index contributed by atoms with van der Waals surface area (Å²) in [5.41, 5.74) is 0.955. The van der Waals surface area contributed by atoms with Crippen LogP contribution in [0.2, 0.25) is 0 Å². The second-order valence-electron chi connectivity index (χ2n) is 4.79. The molecule has 0 aliphatic carbocycles. The SMILES string of the molecule is O=C(CCn1cccn1)NCc1ccc(-n2ccnc2)nc1. The van der Waals surface area contributed by atoms with E-state index in [4.69, 9.17) is 0 Å². The quantitative estimate of drug-likeness (QED) is 0.740. The summed E-state index contributed by atoms with van der Waals surface area (Å²) in [4.78, 5) is 20.1. The average molecular weight is 296 g/mol. The van der Waals surface area contributed by atoms with Crippen LogP contribution in [-0.4, -0.2) is 30.2 Å². The molecule has 3 aromatic heterocycles. The second kappa shape index (κ2) is 6.66. The van der Waals surface area contributed by atoms with Gasteiger partial charge in [0.25, 0.3) is 0 Å². The lowest BCUT2D eigenvalue weighted by Crippen LogP contribution is -2.24. The highest BCUT2D eigenvalue weighted by atomic mass is 16.1. The number of carbonyl (C=O) groups is 1. The fourth-order valence-corrected chi connectivity index (χ4v) is 2.01. The zero-order valence-corrected chi connectivity index (χ0v) is 12.0. The van der Waals surface area contributed by atoms with Gasteiger partial charge >= 0.3 is 0 Å². The van der Waals surface area contributed by atoms with Crippen molar-refractivity contribution >= 4 is 5.91 Å². The van der Waals surface area contributed by atoms with E-state index in [0.29, 0.717) is 19.5 Å². The summed E-state index contributed by atoms with van der Waals surface area (Å²) in [5.74, 6) is 0.792. The number of rotatable bonds is 6. The van der Waals surface area contributed by atoms with Gasteiger partial charge < -0.3 is 5.32 Å². The second-order valence-corrected chi connectivity index (χ2v) is 4.79. The average Bonchev–Trinajstić information content (AvgIpc) is 3.24. The number of aryl methyl sites for hydroxylation is 1. The fourth-order valence-electron chi connectivity index (χ4n) is 2.01. The summed E-state index contributed by atoms with van der Waals surface area (Å²) in [6.45, 7) is 1.05. The van der Waals surface area contributed by atoms with Crippen LogP contribution in [0.15, 0.2) is 55.5 Å². The molecule has 0 aliphatic rings. The van der Waals surface area contributed by atoms with Crippen LogP contribution < -0.4 is 5.32 Å². The van der Waals surface area contributed by atoms with Gasteiger partial charge in [0.05, 0.1) is 0 Å². The Hall–Kier alpha value is -2.96. The molecular formula is C15H16N6O. The van der Waals surface area contributed by atoms with Gasteiger partial charge in [-0.15, -0.1) is 0 Å². The van der Waals surface area contributed by atoms with Crippen LogP contribution in [0.1, 0.15) is 12.0 Å². The third kappa shape index (κ3) is 3.57. The first kappa shape index (κ1) is 14.0. The highest BCUT2D eigenvalue weighted by molar-refractivity contribution is 5.75. The van der Waals surface area contributed by atoms with E-state index in [2.05, 4.69) is 20.4 Å². The summed E-state index contributed by atoms with van der Waals surface area (Å²) in [6, 6.07) is 5.68. The molecule has 3 heterocycles. The molecule has 0 saturated carbocycles. The molecule has 0 fully saturated rings. The third-order valence-corrected chi connectivity index (χ3v) is 3.19. The maximum absolute atomic E-state index is 11.8. The lowest BCUT2D eigenvalue weighted by atomic mass is 10.2. The minimum Gasteiger partial charge on any atom is -0.352 e. The van der Waals surface area contributed by atoms with E-state index < -0.39 is 0 Å². The van der Waals surface area contributed by atoms with Crippen LogP contribution in [0.4, 0.5) is 0 Å². The molecule has 0 saturated heterocycles. The van der Waals surface area contributed by atoms with Crippen molar-refractivity contribution in [2.45, 2.75) is 19.5 Å². The number of nitrogens with zero attached hydrogens (tertiary/aromatic N) is 5. The van der Waals surface area contributed by atoms with Crippen molar-refractivity contribution in [2.24, 2.45) is 0 Å². The normalized spacial score (nSPS) is 10.5. The molecule has 0 radical (unpaired) electrons. The van der Waals surface area contributed by atoms with Crippen LogP contribution >= 0.6 is 0 Å². The topological polar surface area (TPSA) is 77.6 Å². The van der Waals surface area contributed by atoms with Crippen molar-refractivity contribution in [3.63, 3.8) is 0 Å². The number of aromatic nitrogens is 5. The van der Waals surface area contributed by atoms with E-state index in [0.717, 1.165) is 11.4 Å². The predicted molar refractivity (Wildman–Crippen MR) is 80.0 cm³/mol. The number of hydrogen-bond donors (Lipinski definition) is 1. The Bertz CT molecular complexity index is 703. The van der Waals surface area contributed by atoms with Gasteiger partial charge in [-0.1, -0.05) is 6.07 Å². The number of hydrogen-bond acceptors (Lipinski definition) is 4. The van der Waals surface area contributed by atoms with Gasteiger partial charge in [-0.05, 0) is 17.7 Å². The van der Waals surface area contributed by atoms with Crippen LogP contribution in [0, 0.1) is 0 Å². The standard InChI is InChI=1S/C15H16N6O/c22-15(4-8-21-7-1-5-19-21)18-11-13-2-3-14(17-10-13)20-9-6-16-12-20/h1-3,5-7,9-10,12H,4,8,11H2,(H,18,22). The molecule has 7 nitrogen and oxygen atoms in total. The molecule has 1 amide bonds. The largest absolute Gasteiger partial charge is 0.352 e. The van der Waals surface area contributed by atoms with Crippen LogP contribution in [-0.2, 0) is 17.9 Å². The summed E-state index contributed by atoms with van der Waals surface area (Å²) in [5, 5.41) is 6.94. The Morgan fingerprint density at radius 2 is 2.18 bits per heavy atom. The highest BCUT2D eigenvalue weighted by Crippen LogP contribution is 2.05. The fraction of sp³-hybridized carbons (Fsp3) is 0.200. The molecule has 0 spiro atoms. The third-order valence-electron chi connectivity index (χ3n) is 3.19. The molecule has 0 unspecified atom stereocenters. The van der Waals surface area contributed by atoms with Gasteiger partial charge in [0.15, 0.2) is 0 Å². The first-order chi connectivity index (χ1) is 10.8. The highest BCUT2D eigenvalue weighted by Gasteiger charge is 2.03. The van der Waals surface area contributed by atoms with Crippen molar-refractivity contribution in [3.8, 4) is 5.82 Å². The minimum absolute atomic E-state index is 0.00538. The molecule has 7 heteroatoms. The Morgan fingerprint density at radius 1 is 1.23 bits per heavy atom. The Morgan fingerprint density at radius 3 is 2.86 bits per heavy atom. The van der Waals surface area contributed by atoms with Crippen molar-refractivity contribution < 1.29 is 4.79 Å². The number of nitrogens with one attached hydrogen (secondary N) is 1. The monoisotopic (exact) mass is 296 g/mol. The van der Waals surface area contributed by atoms with Gasteiger partial charge in [0.1, 0.15) is 12.1 Å². The maximum Gasteiger partial charge on any atom is 0.222 e. The summed E-state index contributed by atoms with van der Waals surface area (Å²) in [7, 11) is 0. The first-order valence-corrected chi connectivity index (χ1v) is 6.98. The van der Waals surface area contributed by atoms with Gasteiger partial charge in [0.2, 0.25) is 5.91 Å². The summed E-state index contributed by atoms with van der Waals surface area (Å²) >= 11 is 0. The molecule has 22 heavy (non-hydrogen) atoms. The van der Waals surface area contributed by atoms with Gasteiger partial charge in [-0.2, -0.15) is 5.10 Å². The van der Waals surface area contributed by atoms with E-state index >= 15 is 0 Å².